The maximum absolute atomic E-state index is 11.9. The third-order valence-electron chi connectivity index (χ3n) is 3.24. The number of aromatic amines is 1. The number of carboxylic acids is 2. The Labute approximate surface area is 133 Å². The standard InChI is InChI=1S/C14H12N2O8/c1-24-7-2-4(5(17)3-6(7)18)8-9(13(20)21)11(15)16-12(19)10(8)14(22)23/h2-3,17-18H,1H3,(H,20,21)(H,22,23)(H3,15,16,19). The van der Waals surface area contributed by atoms with E-state index in [9.17, 15) is 34.8 Å². The number of hydrogen-bond acceptors (Lipinski definition) is 7. The minimum atomic E-state index is -1.72. The number of phenols is 2. The number of aromatic hydroxyl groups is 2. The van der Waals surface area contributed by atoms with Crippen LogP contribution < -0.4 is 16.0 Å². The molecule has 0 fully saturated rings. The summed E-state index contributed by atoms with van der Waals surface area (Å²) in [5.74, 6) is -5.23. The molecule has 1 aromatic heterocycles. The van der Waals surface area contributed by atoms with Crippen LogP contribution in [0.1, 0.15) is 20.7 Å². The minimum Gasteiger partial charge on any atom is -0.507 e. The van der Waals surface area contributed by atoms with Crippen LogP contribution in [0.2, 0.25) is 0 Å². The van der Waals surface area contributed by atoms with Crippen LogP contribution in [-0.4, -0.2) is 44.5 Å². The molecule has 0 saturated carbocycles. The van der Waals surface area contributed by atoms with Crippen LogP contribution in [0.5, 0.6) is 17.2 Å². The van der Waals surface area contributed by atoms with Gasteiger partial charge in [0.1, 0.15) is 22.7 Å². The lowest BCUT2D eigenvalue weighted by Crippen LogP contribution is -2.24. The normalized spacial score (nSPS) is 10.4. The van der Waals surface area contributed by atoms with Crippen molar-refractivity contribution in [3.63, 3.8) is 0 Å². The van der Waals surface area contributed by atoms with E-state index in [0.29, 0.717) is 0 Å². The highest BCUT2D eigenvalue weighted by atomic mass is 16.5. The monoisotopic (exact) mass is 336 g/mol. The fourth-order valence-corrected chi connectivity index (χ4v) is 2.24. The van der Waals surface area contributed by atoms with Gasteiger partial charge in [0.15, 0.2) is 11.5 Å². The molecule has 0 saturated heterocycles. The summed E-state index contributed by atoms with van der Waals surface area (Å²) in [6.45, 7) is 0. The average molecular weight is 336 g/mol. The highest BCUT2D eigenvalue weighted by Crippen LogP contribution is 2.41. The Balaban J connectivity index is 3.05. The molecule has 0 amide bonds. The predicted molar refractivity (Wildman–Crippen MR) is 80.7 cm³/mol. The van der Waals surface area contributed by atoms with Gasteiger partial charge in [0.05, 0.1) is 7.11 Å². The summed E-state index contributed by atoms with van der Waals surface area (Å²) in [7, 11) is 1.19. The number of aromatic nitrogens is 1. The van der Waals surface area contributed by atoms with Crippen molar-refractivity contribution in [2.75, 3.05) is 12.8 Å². The Morgan fingerprint density at radius 1 is 1.08 bits per heavy atom. The second-order valence-electron chi connectivity index (χ2n) is 4.64. The predicted octanol–water partition coefficient (Wildman–Crippen LogP) is 0.440. The van der Waals surface area contributed by atoms with Crippen molar-refractivity contribution >= 4 is 17.8 Å². The molecule has 7 N–H and O–H groups in total. The lowest BCUT2D eigenvalue weighted by molar-refractivity contribution is 0.0695. The molecule has 0 aliphatic heterocycles. The Bertz CT molecular complexity index is 916. The van der Waals surface area contributed by atoms with Gasteiger partial charge in [0.25, 0.3) is 5.56 Å². The third-order valence-corrected chi connectivity index (χ3v) is 3.24. The average Bonchev–Trinajstić information content (AvgIpc) is 2.45. The number of hydrogen-bond donors (Lipinski definition) is 6. The second kappa shape index (κ2) is 5.83. The number of carbonyl (C=O) groups is 2. The zero-order valence-corrected chi connectivity index (χ0v) is 12.2. The van der Waals surface area contributed by atoms with E-state index in [0.717, 1.165) is 12.1 Å². The Morgan fingerprint density at radius 2 is 1.67 bits per heavy atom. The van der Waals surface area contributed by atoms with E-state index >= 15 is 0 Å². The molecule has 2 aromatic rings. The van der Waals surface area contributed by atoms with E-state index in [-0.39, 0.29) is 11.3 Å². The summed E-state index contributed by atoms with van der Waals surface area (Å²) in [5, 5.41) is 38.2. The maximum Gasteiger partial charge on any atom is 0.342 e. The molecule has 1 heterocycles. The number of anilines is 1. The van der Waals surface area contributed by atoms with Crippen molar-refractivity contribution in [1.82, 2.24) is 4.98 Å². The first kappa shape index (κ1) is 16.7. The summed E-state index contributed by atoms with van der Waals surface area (Å²) in [5.41, 5.74) is 1.75. The molecule has 126 valence electrons. The smallest absolute Gasteiger partial charge is 0.342 e. The van der Waals surface area contributed by atoms with Gasteiger partial charge in [-0.25, -0.2) is 9.59 Å². The van der Waals surface area contributed by atoms with E-state index in [1.54, 1.807) is 0 Å². The fraction of sp³-hybridized carbons (Fsp3) is 0.0714. The van der Waals surface area contributed by atoms with Gasteiger partial charge in [0.2, 0.25) is 0 Å². The molecular formula is C14H12N2O8. The molecule has 0 unspecified atom stereocenters. The van der Waals surface area contributed by atoms with E-state index < -0.39 is 51.5 Å². The first-order valence-electron chi connectivity index (χ1n) is 6.31. The summed E-state index contributed by atoms with van der Waals surface area (Å²) in [6.07, 6.45) is 0. The molecule has 0 aliphatic rings. The van der Waals surface area contributed by atoms with Crippen molar-refractivity contribution in [3.05, 3.63) is 33.6 Å². The van der Waals surface area contributed by atoms with Gasteiger partial charge >= 0.3 is 11.9 Å². The molecule has 10 heteroatoms. The molecule has 0 spiro atoms. The number of nitrogen functional groups attached to an aromatic ring is 1. The molecule has 0 radical (unpaired) electrons. The number of methoxy groups -OCH3 is 1. The van der Waals surface area contributed by atoms with Crippen molar-refractivity contribution in [2.45, 2.75) is 0 Å². The van der Waals surface area contributed by atoms with Gasteiger partial charge in [-0.3, -0.25) is 4.79 Å². The molecule has 0 bridgehead atoms. The van der Waals surface area contributed by atoms with E-state index in [1.165, 1.54) is 7.11 Å². The zero-order valence-electron chi connectivity index (χ0n) is 12.2. The number of carboxylic acid groups (broad SMARTS) is 2. The van der Waals surface area contributed by atoms with Crippen LogP contribution in [-0.2, 0) is 0 Å². The largest absolute Gasteiger partial charge is 0.507 e. The molecule has 10 nitrogen and oxygen atoms in total. The van der Waals surface area contributed by atoms with Crippen LogP contribution >= 0.6 is 0 Å². The number of ether oxygens (including phenoxy) is 1. The van der Waals surface area contributed by atoms with Crippen molar-refractivity contribution in [3.8, 4) is 28.4 Å². The lowest BCUT2D eigenvalue weighted by Gasteiger charge is -2.14. The van der Waals surface area contributed by atoms with Gasteiger partial charge in [-0.15, -0.1) is 0 Å². The molecule has 1 aromatic carbocycles. The number of nitrogens with one attached hydrogen (secondary N) is 1. The summed E-state index contributed by atoms with van der Waals surface area (Å²) in [4.78, 5) is 36.7. The quantitative estimate of drug-likeness (QED) is 0.461. The number of aromatic carboxylic acids is 2. The van der Waals surface area contributed by atoms with Crippen LogP contribution in [0.4, 0.5) is 5.82 Å². The molecule has 0 aliphatic carbocycles. The molecule has 24 heavy (non-hydrogen) atoms. The number of nitrogens with two attached hydrogens (primary N) is 1. The van der Waals surface area contributed by atoms with Gasteiger partial charge in [-0.05, 0) is 6.07 Å². The number of H-pyrrole nitrogens is 1. The van der Waals surface area contributed by atoms with Gasteiger partial charge in [0, 0.05) is 17.2 Å². The SMILES string of the molecule is COc1cc(-c2c(C(=O)O)c(N)[nH]c(=O)c2C(=O)O)c(O)cc1O. The molecular weight excluding hydrogens is 324 g/mol. The van der Waals surface area contributed by atoms with Crippen LogP contribution in [0.15, 0.2) is 16.9 Å². The van der Waals surface area contributed by atoms with E-state index in [4.69, 9.17) is 10.5 Å². The maximum atomic E-state index is 11.9. The van der Waals surface area contributed by atoms with Crippen LogP contribution in [0.3, 0.4) is 0 Å². The van der Waals surface area contributed by atoms with Gasteiger partial charge in [-0.1, -0.05) is 0 Å². The fourth-order valence-electron chi connectivity index (χ4n) is 2.24. The molecule has 0 atom stereocenters. The summed E-state index contributed by atoms with van der Waals surface area (Å²) in [6, 6.07) is 1.82. The zero-order chi connectivity index (χ0) is 18.2. The Kier molecular flexibility index (Phi) is 4.05. The first-order valence-corrected chi connectivity index (χ1v) is 6.31. The third kappa shape index (κ3) is 2.56. The van der Waals surface area contributed by atoms with Crippen molar-refractivity contribution in [2.24, 2.45) is 0 Å². The number of rotatable bonds is 4. The van der Waals surface area contributed by atoms with Crippen LogP contribution in [0.25, 0.3) is 11.1 Å². The number of benzene rings is 1. The van der Waals surface area contributed by atoms with E-state index in [2.05, 4.69) is 0 Å². The van der Waals surface area contributed by atoms with Crippen LogP contribution in [0, 0.1) is 0 Å². The summed E-state index contributed by atoms with van der Waals surface area (Å²) < 4.78 is 4.85. The van der Waals surface area contributed by atoms with E-state index in [1.807, 2.05) is 4.98 Å². The van der Waals surface area contributed by atoms with Crippen molar-refractivity contribution in [1.29, 1.82) is 0 Å². The Hall–Kier alpha value is -3.69. The number of pyridine rings is 1. The summed E-state index contributed by atoms with van der Waals surface area (Å²) >= 11 is 0. The second-order valence-corrected chi connectivity index (χ2v) is 4.64. The van der Waals surface area contributed by atoms with Crippen molar-refractivity contribution < 1.29 is 34.8 Å². The number of phenolic OH excluding ortho intramolecular Hbond substituents is 2. The topological polar surface area (TPSA) is 183 Å². The minimum absolute atomic E-state index is 0.172. The highest BCUT2D eigenvalue weighted by Gasteiger charge is 2.28. The molecule has 2 rings (SSSR count). The first-order chi connectivity index (χ1) is 11.2. The Morgan fingerprint density at radius 3 is 2.17 bits per heavy atom. The highest BCUT2D eigenvalue weighted by molar-refractivity contribution is 6.08. The van der Waals surface area contributed by atoms with Gasteiger partial charge in [-0.2, -0.15) is 0 Å². The van der Waals surface area contributed by atoms with Gasteiger partial charge < -0.3 is 35.9 Å². The lowest BCUT2D eigenvalue weighted by atomic mass is 9.94.